The fourth-order valence-electron chi connectivity index (χ4n) is 1.28. The lowest BCUT2D eigenvalue weighted by Crippen LogP contribution is -1.84. The minimum atomic E-state index is 0.681. The van der Waals surface area contributed by atoms with E-state index in [9.17, 15) is 0 Å². The number of hydrogen-bond donors (Lipinski definition) is 0. The van der Waals surface area contributed by atoms with Crippen molar-refractivity contribution < 1.29 is 0 Å². The first kappa shape index (κ1) is 8.79. The number of nitrogens with zero attached hydrogens (tertiary/aromatic N) is 1. The van der Waals surface area contributed by atoms with E-state index in [-0.39, 0.29) is 0 Å². The molecule has 0 unspecified atom stereocenters. The molecule has 1 nitrogen and oxygen atoms in total. The molecule has 0 N–H and O–H groups in total. The summed E-state index contributed by atoms with van der Waals surface area (Å²) in [5.74, 6) is 0. The third-order valence-corrected chi connectivity index (χ3v) is 2.40. The summed E-state index contributed by atoms with van der Waals surface area (Å²) in [4.78, 5) is 4.33. The molecule has 0 amide bonds. The van der Waals surface area contributed by atoms with E-state index in [0.29, 0.717) is 10.0 Å². The number of hydrogen-bond acceptors (Lipinski definition) is 1. The van der Waals surface area contributed by atoms with E-state index in [1.54, 1.807) is 0 Å². The van der Waals surface area contributed by atoms with E-state index >= 15 is 0 Å². The molecule has 1 aromatic carbocycles. The largest absolute Gasteiger partial charge is 0.253 e. The predicted octanol–water partition coefficient (Wildman–Crippen LogP) is 3.85. The van der Waals surface area contributed by atoms with E-state index in [4.69, 9.17) is 23.2 Å². The van der Waals surface area contributed by atoms with Gasteiger partial charge in [0.15, 0.2) is 0 Å². The number of rotatable bonds is 0. The molecule has 2 rings (SSSR count). The third kappa shape index (κ3) is 1.62. The Kier molecular flexibility index (Phi) is 2.14. The quantitative estimate of drug-likeness (QED) is 0.646. The van der Waals surface area contributed by atoms with Crippen LogP contribution in [0.1, 0.15) is 5.69 Å². The van der Waals surface area contributed by atoms with Crippen molar-refractivity contribution in [2.24, 2.45) is 0 Å². The van der Waals surface area contributed by atoms with Gasteiger partial charge < -0.3 is 0 Å². The van der Waals surface area contributed by atoms with Crippen molar-refractivity contribution in [3.05, 3.63) is 40.0 Å². The highest BCUT2D eigenvalue weighted by Gasteiger charge is 2.01. The standard InChI is InChI=1S/C10H7Cl2N/c1-6-4-9(12)8-5-7(11)2-3-10(8)13-6/h2-5H,1H3. The predicted molar refractivity (Wildman–Crippen MR) is 56.5 cm³/mol. The zero-order valence-electron chi connectivity index (χ0n) is 7.01. The summed E-state index contributed by atoms with van der Waals surface area (Å²) < 4.78 is 0. The van der Waals surface area contributed by atoms with Crippen molar-refractivity contribution in [3.63, 3.8) is 0 Å². The van der Waals surface area contributed by atoms with E-state index in [0.717, 1.165) is 16.6 Å². The van der Waals surface area contributed by atoms with Crippen LogP contribution in [0.3, 0.4) is 0 Å². The number of aromatic nitrogens is 1. The molecule has 0 aliphatic heterocycles. The summed E-state index contributed by atoms with van der Waals surface area (Å²) in [7, 11) is 0. The van der Waals surface area contributed by atoms with Crippen molar-refractivity contribution >= 4 is 34.1 Å². The van der Waals surface area contributed by atoms with Crippen LogP contribution in [0.2, 0.25) is 10.0 Å². The lowest BCUT2D eigenvalue weighted by atomic mass is 10.2. The SMILES string of the molecule is Cc1cc(Cl)c2cc(Cl)ccc2n1. The summed E-state index contributed by atoms with van der Waals surface area (Å²) in [6.07, 6.45) is 0. The minimum absolute atomic E-state index is 0.681. The van der Waals surface area contributed by atoms with Crippen molar-refractivity contribution in [2.45, 2.75) is 6.92 Å². The normalized spacial score (nSPS) is 10.7. The average Bonchev–Trinajstić information content (AvgIpc) is 2.06. The Labute approximate surface area is 86.3 Å². The summed E-state index contributed by atoms with van der Waals surface area (Å²) in [5.41, 5.74) is 1.80. The molecule has 0 saturated carbocycles. The molecule has 0 aliphatic carbocycles. The molecule has 0 fully saturated rings. The zero-order chi connectivity index (χ0) is 9.42. The van der Waals surface area contributed by atoms with Gasteiger partial charge in [-0.15, -0.1) is 0 Å². The van der Waals surface area contributed by atoms with Gasteiger partial charge in [0.05, 0.1) is 10.5 Å². The molecule has 13 heavy (non-hydrogen) atoms. The van der Waals surface area contributed by atoms with Gasteiger partial charge in [0.2, 0.25) is 0 Å². The van der Waals surface area contributed by atoms with Crippen LogP contribution in [0.25, 0.3) is 10.9 Å². The fraction of sp³-hybridized carbons (Fsp3) is 0.100. The van der Waals surface area contributed by atoms with Crippen LogP contribution >= 0.6 is 23.2 Å². The maximum atomic E-state index is 6.04. The van der Waals surface area contributed by atoms with Gasteiger partial charge in [-0.25, -0.2) is 0 Å². The van der Waals surface area contributed by atoms with Gasteiger partial charge in [-0.3, -0.25) is 4.98 Å². The Morgan fingerprint density at radius 2 is 1.92 bits per heavy atom. The van der Waals surface area contributed by atoms with E-state index < -0.39 is 0 Å². The van der Waals surface area contributed by atoms with Gasteiger partial charge in [-0.1, -0.05) is 23.2 Å². The van der Waals surface area contributed by atoms with Crippen LogP contribution in [0.4, 0.5) is 0 Å². The molecule has 0 bridgehead atoms. The second-order valence-corrected chi connectivity index (χ2v) is 3.75. The molecule has 0 spiro atoms. The van der Waals surface area contributed by atoms with Crippen molar-refractivity contribution in [1.29, 1.82) is 0 Å². The number of benzene rings is 1. The summed E-state index contributed by atoms with van der Waals surface area (Å²) >= 11 is 11.9. The van der Waals surface area contributed by atoms with Crippen LogP contribution < -0.4 is 0 Å². The van der Waals surface area contributed by atoms with Gasteiger partial charge in [0, 0.05) is 16.1 Å². The summed E-state index contributed by atoms with van der Waals surface area (Å²) in [6.45, 7) is 1.92. The third-order valence-electron chi connectivity index (χ3n) is 1.85. The van der Waals surface area contributed by atoms with Gasteiger partial charge in [-0.2, -0.15) is 0 Å². The number of halogens is 2. The van der Waals surface area contributed by atoms with Gasteiger partial charge >= 0.3 is 0 Å². The molecular formula is C10H7Cl2N. The second kappa shape index (κ2) is 3.17. The van der Waals surface area contributed by atoms with E-state index in [1.807, 2.05) is 31.2 Å². The van der Waals surface area contributed by atoms with Crippen LogP contribution in [0.15, 0.2) is 24.3 Å². The Balaban J connectivity index is 2.87. The van der Waals surface area contributed by atoms with Gasteiger partial charge in [-0.05, 0) is 31.2 Å². The molecule has 2 aromatic rings. The highest BCUT2D eigenvalue weighted by molar-refractivity contribution is 6.36. The lowest BCUT2D eigenvalue weighted by molar-refractivity contribution is 1.26. The molecule has 1 heterocycles. The molecule has 0 atom stereocenters. The first-order valence-corrected chi connectivity index (χ1v) is 4.65. The Hall–Kier alpha value is -0.790. The number of fused-ring (bicyclic) bond motifs is 1. The number of pyridine rings is 1. The molecule has 1 aromatic heterocycles. The molecular weight excluding hydrogens is 205 g/mol. The fourth-order valence-corrected chi connectivity index (χ4v) is 1.76. The topological polar surface area (TPSA) is 12.9 Å². The van der Waals surface area contributed by atoms with Crippen LogP contribution in [-0.2, 0) is 0 Å². The monoisotopic (exact) mass is 211 g/mol. The average molecular weight is 212 g/mol. The molecule has 0 radical (unpaired) electrons. The smallest absolute Gasteiger partial charge is 0.0721 e. The van der Waals surface area contributed by atoms with E-state index in [2.05, 4.69) is 4.98 Å². The van der Waals surface area contributed by atoms with Gasteiger partial charge in [0.25, 0.3) is 0 Å². The second-order valence-electron chi connectivity index (χ2n) is 2.91. The van der Waals surface area contributed by atoms with E-state index in [1.165, 1.54) is 0 Å². The van der Waals surface area contributed by atoms with Gasteiger partial charge in [0.1, 0.15) is 0 Å². The Bertz CT molecular complexity index is 466. The Morgan fingerprint density at radius 1 is 1.15 bits per heavy atom. The first-order valence-electron chi connectivity index (χ1n) is 3.89. The lowest BCUT2D eigenvalue weighted by Gasteiger charge is -2.01. The molecule has 3 heteroatoms. The maximum absolute atomic E-state index is 6.04. The highest BCUT2D eigenvalue weighted by Crippen LogP contribution is 2.25. The van der Waals surface area contributed by atoms with Crippen LogP contribution in [-0.4, -0.2) is 4.98 Å². The van der Waals surface area contributed by atoms with Crippen LogP contribution in [0.5, 0.6) is 0 Å². The molecule has 0 saturated heterocycles. The number of aryl methyl sites for hydroxylation is 1. The Morgan fingerprint density at radius 3 is 2.69 bits per heavy atom. The van der Waals surface area contributed by atoms with Crippen molar-refractivity contribution in [3.8, 4) is 0 Å². The summed E-state index contributed by atoms with van der Waals surface area (Å²) in [6, 6.07) is 7.34. The van der Waals surface area contributed by atoms with Crippen LogP contribution in [0, 0.1) is 6.92 Å². The van der Waals surface area contributed by atoms with Crippen molar-refractivity contribution in [2.75, 3.05) is 0 Å². The summed E-state index contributed by atoms with van der Waals surface area (Å²) in [5, 5.41) is 2.28. The maximum Gasteiger partial charge on any atom is 0.0721 e. The first-order chi connectivity index (χ1) is 6.16. The molecule has 0 aliphatic rings. The highest BCUT2D eigenvalue weighted by atomic mass is 35.5. The van der Waals surface area contributed by atoms with Crippen molar-refractivity contribution in [1.82, 2.24) is 4.98 Å². The minimum Gasteiger partial charge on any atom is -0.253 e. The molecule has 66 valence electrons. The zero-order valence-corrected chi connectivity index (χ0v) is 8.52.